The predicted molar refractivity (Wildman–Crippen MR) is 71.8 cm³/mol. The van der Waals surface area contributed by atoms with Gasteiger partial charge in [0.15, 0.2) is 0 Å². The fraction of sp³-hybridized carbons (Fsp3) is 0.533. The summed E-state index contributed by atoms with van der Waals surface area (Å²) in [5, 5.41) is 19.7. The molecular weight excluding hydrogens is 258 g/mol. The first-order chi connectivity index (χ1) is 9.65. The topological polar surface area (TPSA) is 70.0 Å². The number of fused-ring (bicyclic) bond motifs is 2. The average molecular weight is 277 g/mol. The highest BCUT2D eigenvalue weighted by Crippen LogP contribution is 2.37. The van der Waals surface area contributed by atoms with E-state index in [0.29, 0.717) is 13.1 Å². The molecule has 1 aromatic carbocycles. The van der Waals surface area contributed by atoms with Crippen LogP contribution in [0, 0.1) is 11.8 Å². The van der Waals surface area contributed by atoms with Gasteiger partial charge in [0, 0.05) is 24.9 Å². The molecule has 1 heterocycles. The molecule has 5 heteroatoms. The Morgan fingerprint density at radius 3 is 2.35 bits per heavy atom. The van der Waals surface area contributed by atoms with E-state index >= 15 is 0 Å². The third kappa shape index (κ3) is 2.51. The monoisotopic (exact) mass is 277 g/mol. The molecule has 1 amide bonds. The van der Waals surface area contributed by atoms with Crippen LogP contribution in [0.5, 0.6) is 0 Å². The van der Waals surface area contributed by atoms with Gasteiger partial charge < -0.3 is 19.8 Å². The van der Waals surface area contributed by atoms with Gasteiger partial charge in [-0.3, -0.25) is 0 Å². The van der Waals surface area contributed by atoms with E-state index in [4.69, 9.17) is 4.74 Å². The van der Waals surface area contributed by atoms with E-state index in [2.05, 4.69) is 0 Å². The number of hydrogen-bond donors (Lipinski definition) is 2. The number of hydrogen-bond acceptors (Lipinski definition) is 4. The molecule has 20 heavy (non-hydrogen) atoms. The standard InChI is InChI=1S/C15H19NO4/c17-13-11-6-12(14(13)18)8-16(7-11)15(19)20-9-10-4-2-1-3-5-10/h1-5,11-14,17-18H,6-9H2/t11-,12+,13-,14-/m1/s1. The Hall–Kier alpha value is -1.59. The minimum absolute atomic E-state index is 0.0342. The molecule has 3 rings (SSSR count). The van der Waals surface area contributed by atoms with Crippen molar-refractivity contribution in [3.63, 3.8) is 0 Å². The second kappa shape index (κ2) is 5.42. The van der Waals surface area contributed by atoms with Crippen LogP contribution in [0.25, 0.3) is 0 Å². The van der Waals surface area contributed by atoms with Gasteiger partial charge in [0.25, 0.3) is 0 Å². The van der Waals surface area contributed by atoms with Gasteiger partial charge in [0.2, 0.25) is 0 Å². The van der Waals surface area contributed by atoms with Gasteiger partial charge >= 0.3 is 6.09 Å². The van der Waals surface area contributed by atoms with Crippen molar-refractivity contribution >= 4 is 6.09 Å². The van der Waals surface area contributed by atoms with E-state index in [1.165, 1.54) is 0 Å². The van der Waals surface area contributed by atoms with Gasteiger partial charge in [-0.2, -0.15) is 0 Å². The van der Waals surface area contributed by atoms with E-state index in [1.807, 2.05) is 30.3 Å². The maximum Gasteiger partial charge on any atom is 0.410 e. The Bertz CT molecular complexity index is 462. The highest BCUT2D eigenvalue weighted by atomic mass is 16.6. The van der Waals surface area contributed by atoms with Crippen LogP contribution in [0.2, 0.25) is 0 Å². The van der Waals surface area contributed by atoms with E-state index in [9.17, 15) is 15.0 Å². The van der Waals surface area contributed by atoms with Crippen molar-refractivity contribution in [1.29, 1.82) is 0 Å². The van der Waals surface area contributed by atoms with Crippen molar-refractivity contribution in [3.8, 4) is 0 Å². The van der Waals surface area contributed by atoms with E-state index in [1.54, 1.807) is 4.90 Å². The number of piperidine rings is 1. The molecule has 0 unspecified atom stereocenters. The predicted octanol–water partition coefficient (Wildman–Crippen LogP) is 0.997. The van der Waals surface area contributed by atoms with Crippen LogP contribution in [-0.2, 0) is 11.3 Å². The lowest BCUT2D eigenvalue weighted by Crippen LogP contribution is -2.42. The molecule has 0 aromatic heterocycles. The second-order valence-corrected chi connectivity index (χ2v) is 5.68. The maximum absolute atomic E-state index is 12.0. The van der Waals surface area contributed by atoms with Crippen molar-refractivity contribution in [2.24, 2.45) is 11.8 Å². The molecule has 2 bridgehead atoms. The van der Waals surface area contributed by atoms with Crippen molar-refractivity contribution < 1.29 is 19.7 Å². The third-order valence-corrected chi connectivity index (χ3v) is 4.29. The Kier molecular flexibility index (Phi) is 3.63. The molecule has 2 fully saturated rings. The largest absolute Gasteiger partial charge is 0.445 e. The Morgan fingerprint density at radius 2 is 1.75 bits per heavy atom. The summed E-state index contributed by atoms with van der Waals surface area (Å²) in [5.74, 6) is -0.0685. The first-order valence-corrected chi connectivity index (χ1v) is 6.97. The van der Waals surface area contributed by atoms with Crippen molar-refractivity contribution in [3.05, 3.63) is 35.9 Å². The summed E-state index contributed by atoms with van der Waals surface area (Å²) in [5.41, 5.74) is 0.945. The second-order valence-electron chi connectivity index (χ2n) is 5.68. The number of nitrogens with zero attached hydrogens (tertiary/aromatic N) is 1. The number of aliphatic hydroxyl groups is 2. The third-order valence-electron chi connectivity index (χ3n) is 4.29. The Labute approximate surface area is 117 Å². The number of rotatable bonds is 2. The maximum atomic E-state index is 12.0. The average Bonchev–Trinajstić information content (AvgIpc) is 2.69. The van der Waals surface area contributed by atoms with Crippen LogP contribution in [0.15, 0.2) is 30.3 Å². The molecule has 1 aliphatic heterocycles. The fourth-order valence-electron chi connectivity index (χ4n) is 3.19. The summed E-state index contributed by atoms with van der Waals surface area (Å²) < 4.78 is 5.29. The quantitative estimate of drug-likeness (QED) is 0.846. The number of likely N-dealkylation sites (tertiary alicyclic amines) is 1. The summed E-state index contributed by atoms with van der Waals surface area (Å²) in [6, 6.07) is 9.52. The zero-order valence-electron chi connectivity index (χ0n) is 11.2. The highest BCUT2D eigenvalue weighted by molar-refractivity contribution is 5.68. The lowest BCUT2D eigenvalue weighted by molar-refractivity contribution is 0.0130. The normalized spacial score (nSPS) is 32.2. The van der Waals surface area contributed by atoms with Gasteiger partial charge in [-0.05, 0) is 12.0 Å². The smallest absolute Gasteiger partial charge is 0.410 e. The van der Waals surface area contributed by atoms with Gasteiger partial charge in [-0.25, -0.2) is 4.79 Å². The summed E-state index contributed by atoms with van der Waals surface area (Å²) in [6.45, 7) is 1.17. The van der Waals surface area contributed by atoms with Crippen LogP contribution < -0.4 is 0 Å². The first kappa shape index (κ1) is 13.4. The van der Waals surface area contributed by atoms with Crippen LogP contribution in [-0.4, -0.2) is 46.5 Å². The van der Waals surface area contributed by atoms with Gasteiger partial charge in [-0.1, -0.05) is 30.3 Å². The molecule has 1 aliphatic carbocycles. The van der Waals surface area contributed by atoms with Gasteiger partial charge in [0.05, 0.1) is 12.2 Å². The molecule has 1 saturated heterocycles. The highest BCUT2D eigenvalue weighted by Gasteiger charge is 2.47. The van der Waals surface area contributed by atoms with Gasteiger partial charge in [0.1, 0.15) is 6.61 Å². The number of carbonyl (C=O) groups excluding carboxylic acids is 1. The van der Waals surface area contributed by atoms with E-state index in [-0.39, 0.29) is 24.5 Å². The van der Waals surface area contributed by atoms with Crippen LogP contribution >= 0.6 is 0 Å². The minimum Gasteiger partial charge on any atom is -0.445 e. The van der Waals surface area contributed by atoms with Crippen molar-refractivity contribution in [1.82, 2.24) is 4.90 Å². The lowest BCUT2D eigenvalue weighted by atomic mass is 9.99. The molecule has 2 N–H and O–H groups in total. The number of amides is 1. The number of carbonyl (C=O) groups is 1. The molecule has 0 spiro atoms. The van der Waals surface area contributed by atoms with Crippen LogP contribution in [0.4, 0.5) is 4.79 Å². The Morgan fingerprint density at radius 1 is 1.15 bits per heavy atom. The van der Waals surface area contributed by atoms with Crippen LogP contribution in [0.1, 0.15) is 12.0 Å². The summed E-state index contributed by atoms with van der Waals surface area (Å²) >= 11 is 0. The van der Waals surface area contributed by atoms with E-state index < -0.39 is 12.2 Å². The SMILES string of the molecule is O=C(OCc1ccccc1)N1C[C@H]2C[C@@H](C1)[C@@H](O)[C@@H]2O. The first-order valence-electron chi connectivity index (χ1n) is 6.97. The summed E-state index contributed by atoms with van der Waals surface area (Å²) in [7, 11) is 0. The molecule has 5 nitrogen and oxygen atoms in total. The minimum atomic E-state index is -0.716. The summed E-state index contributed by atoms with van der Waals surface area (Å²) in [6.07, 6.45) is -1.02. The molecule has 0 radical (unpaired) electrons. The lowest BCUT2D eigenvalue weighted by Gasteiger charge is -2.31. The Balaban J connectivity index is 1.56. The van der Waals surface area contributed by atoms with Crippen LogP contribution in [0.3, 0.4) is 0 Å². The van der Waals surface area contributed by atoms with Crippen molar-refractivity contribution in [2.75, 3.05) is 13.1 Å². The van der Waals surface area contributed by atoms with Gasteiger partial charge in [-0.15, -0.1) is 0 Å². The zero-order valence-corrected chi connectivity index (χ0v) is 11.2. The molecular formula is C15H19NO4. The number of benzene rings is 1. The zero-order chi connectivity index (χ0) is 14.1. The fourth-order valence-corrected chi connectivity index (χ4v) is 3.19. The van der Waals surface area contributed by atoms with Crippen molar-refractivity contribution in [2.45, 2.75) is 25.2 Å². The molecule has 4 atom stereocenters. The molecule has 108 valence electrons. The summed E-state index contributed by atoms with van der Waals surface area (Å²) in [4.78, 5) is 13.6. The molecule has 1 aromatic rings. The molecule has 2 aliphatic rings. The molecule has 1 saturated carbocycles. The van der Waals surface area contributed by atoms with E-state index in [0.717, 1.165) is 12.0 Å². The number of aliphatic hydroxyl groups excluding tert-OH is 2. The number of ether oxygens (including phenoxy) is 1.